The summed E-state index contributed by atoms with van der Waals surface area (Å²) in [6, 6.07) is 12.3. The molecule has 0 aromatic heterocycles. The molecule has 2 aromatic carbocycles. The highest BCUT2D eigenvalue weighted by atomic mass is 16.6. The van der Waals surface area contributed by atoms with Crippen LogP contribution in [0.25, 0.3) is 6.08 Å². The number of hydrogen-bond acceptors (Lipinski definition) is 3. The van der Waals surface area contributed by atoms with Crippen LogP contribution in [0.3, 0.4) is 0 Å². The van der Waals surface area contributed by atoms with E-state index >= 15 is 0 Å². The Morgan fingerprint density at radius 1 is 1.24 bits per heavy atom. The molecule has 1 N–H and O–H groups in total. The molecule has 0 saturated heterocycles. The molecule has 0 aliphatic heterocycles. The van der Waals surface area contributed by atoms with Crippen molar-refractivity contribution in [3.05, 3.63) is 80.9 Å². The third kappa shape index (κ3) is 5.01. The van der Waals surface area contributed by atoms with Gasteiger partial charge in [0.05, 0.1) is 11.0 Å². The van der Waals surface area contributed by atoms with Crippen molar-refractivity contribution in [2.24, 2.45) is 0 Å². The van der Waals surface area contributed by atoms with E-state index in [0.29, 0.717) is 5.56 Å². The monoisotopic (exact) mass is 338 g/mol. The fourth-order valence-corrected chi connectivity index (χ4v) is 2.75. The van der Waals surface area contributed by atoms with Gasteiger partial charge in [0, 0.05) is 18.2 Å². The molecular formula is C20H22N2O3. The van der Waals surface area contributed by atoms with Gasteiger partial charge in [-0.15, -0.1) is 0 Å². The van der Waals surface area contributed by atoms with Crippen LogP contribution in [0.5, 0.6) is 0 Å². The zero-order chi connectivity index (χ0) is 18.4. The largest absolute Gasteiger partial charge is 0.346 e. The second-order valence-corrected chi connectivity index (χ2v) is 6.01. The summed E-state index contributed by atoms with van der Waals surface area (Å²) in [5.74, 6) is -0.224. The molecule has 0 aliphatic carbocycles. The number of amides is 1. The van der Waals surface area contributed by atoms with Gasteiger partial charge in [-0.05, 0) is 43.0 Å². The number of nitro benzene ring substituents is 1. The minimum absolute atomic E-state index is 0.00396. The van der Waals surface area contributed by atoms with Gasteiger partial charge >= 0.3 is 0 Å². The van der Waals surface area contributed by atoms with Crippen molar-refractivity contribution in [3.8, 4) is 0 Å². The Bertz CT molecular complexity index is 812. The molecule has 0 heterocycles. The number of rotatable bonds is 6. The van der Waals surface area contributed by atoms with Gasteiger partial charge < -0.3 is 5.32 Å². The van der Waals surface area contributed by atoms with Crippen molar-refractivity contribution in [1.29, 1.82) is 0 Å². The van der Waals surface area contributed by atoms with E-state index in [4.69, 9.17) is 0 Å². The Kier molecular flexibility index (Phi) is 6.06. The molecule has 1 atom stereocenters. The molecule has 2 aromatic rings. The summed E-state index contributed by atoms with van der Waals surface area (Å²) in [4.78, 5) is 22.6. The molecular weight excluding hydrogens is 316 g/mol. The highest BCUT2D eigenvalue weighted by Gasteiger charge is 2.13. The fourth-order valence-electron chi connectivity index (χ4n) is 2.75. The molecule has 130 valence electrons. The van der Waals surface area contributed by atoms with Gasteiger partial charge in [-0.1, -0.05) is 42.8 Å². The van der Waals surface area contributed by atoms with Gasteiger partial charge in [-0.25, -0.2) is 0 Å². The zero-order valence-corrected chi connectivity index (χ0v) is 14.7. The Morgan fingerprint density at radius 2 is 2.00 bits per heavy atom. The van der Waals surface area contributed by atoms with Gasteiger partial charge in [-0.2, -0.15) is 0 Å². The predicted octanol–water partition coefficient (Wildman–Crippen LogP) is 4.49. The normalized spacial score (nSPS) is 12.1. The average Bonchev–Trinajstić information content (AvgIpc) is 2.58. The highest BCUT2D eigenvalue weighted by Crippen LogP contribution is 2.22. The lowest BCUT2D eigenvalue weighted by Crippen LogP contribution is -2.26. The van der Waals surface area contributed by atoms with Gasteiger partial charge in [-0.3, -0.25) is 14.9 Å². The molecule has 1 amide bonds. The molecule has 2 rings (SSSR count). The number of hydrogen-bond donors (Lipinski definition) is 1. The van der Waals surface area contributed by atoms with Crippen molar-refractivity contribution in [2.75, 3.05) is 0 Å². The maximum atomic E-state index is 12.2. The summed E-state index contributed by atoms with van der Waals surface area (Å²) in [5.41, 5.74) is 4.06. The predicted molar refractivity (Wildman–Crippen MR) is 99.2 cm³/mol. The van der Waals surface area contributed by atoms with E-state index in [1.165, 1.54) is 23.8 Å². The minimum atomic E-state index is -0.454. The van der Waals surface area contributed by atoms with Crippen LogP contribution in [-0.2, 0) is 4.79 Å². The van der Waals surface area contributed by atoms with E-state index in [0.717, 1.165) is 17.5 Å². The standard InChI is InChI=1S/C20H22N2O3/c1-4-19(18-10-8-14(2)12-15(18)3)21-20(23)11-9-16-6-5-7-17(13-16)22(24)25/h5-13,19H,4H2,1-3H3,(H,21,23)/b11-9+/t19-/m0/s1. The number of benzene rings is 2. The van der Waals surface area contributed by atoms with E-state index in [1.807, 2.05) is 32.9 Å². The Morgan fingerprint density at radius 3 is 2.64 bits per heavy atom. The second-order valence-electron chi connectivity index (χ2n) is 6.01. The van der Waals surface area contributed by atoms with E-state index in [2.05, 4.69) is 11.4 Å². The molecule has 5 nitrogen and oxygen atoms in total. The maximum Gasteiger partial charge on any atom is 0.270 e. The van der Waals surface area contributed by atoms with E-state index in [-0.39, 0.29) is 17.6 Å². The van der Waals surface area contributed by atoms with Gasteiger partial charge in [0.15, 0.2) is 0 Å². The van der Waals surface area contributed by atoms with Crippen LogP contribution in [0.4, 0.5) is 5.69 Å². The smallest absolute Gasteiger partial charge is 0.270 e. The van der Waals surface area contributed by atoms with Gasteiger partial charge in [0.2, 0.25) is 5.91 Å². The topological polar surface area (TPSA) is 72.2 Å². The third-order valence-electron chi connectivity index (χ3n) is 4.03. The number of carbonyl (C=O) groups is 1. The van der Waals surface area contributed by atoms with Crippen molar-refractivity contribution < 1.29 is 9.72 Å². The van der Waals surface area contributed by atoms with Gasteiger partial charge in [0.1, 0.15) is 0 Å². The molecule has 5 heteroatoms. The molecule has 0 aliphatic rings. The lowest BCUT2D eigenvalue weighted by atomic mass is 9.97. The van der Waals surface area contributed by atoms with Crippen molar-refractivity contribution in [3.63, 3.8) is 0 Å². The number of non-ortho nitro benzene ring substituents is 1. The first-order chi connectivity index (χ1) is 11.9. The van der Waals surface area contributed by atoms with E-state index in [1.54, 1.807) is 18.2 Å². The van der Waals surface area contributed by atoms with Crippen molar-refractivity contribution in [1.82, 2.24) is 5.32 Å². The van der Waals surface area contributed by atoms with Crippen molar-refractivity contribution >= 4 is 17.7 Å². The lowest BCUT2D eigenvalue weighted by molar-refractivity contribution is -0.384. The summed E-state index contributed by atoms with van der Waals surface area (Å²) in [5, 5.41) is 13.8. The number of nitrogens with zero attached hydrogens (tertiary/aromatic N) is 1. The lowest BCUT2D eigenvalue weighted by Gasteiger charge is -2.19. The van der Waals surface area contributed by atoms with Gasteiger partial charge in [0.25, 0.3) is 5.69 Å². The summed E-state index contributed by atoms with van der Waals surface area (Å²) in [6.45, 7) is 6.10. The molecule has 0 fully saturated rings. The summed E-state index contributed by atoms with van der Waals surface area (Å²) in [7, 11) is 0. The number of aryl methyl sites for hydroxylation is 2. The SMILES string of the molecule is CC[C@H](NC(=O)/C=C/c1cccc([N+](=O)[O-])c1)c1ccc(C)cc1C. The molecule has 0 bridgehead atoms. The highest BCUT2D eigenvalue weighted by molar-refractivity contribution is 5.92. The van der Waals surface area contributed by atoms with E-state index < -0.39 is 4.92 Å². The molecule has 0 spiro atoms. The second kappa shape index (κ2) is 8.24. The Hall–Kier alpha value is -2.95. The third-order valence-corrected chi connectivity index (χ3v) is 4.03. The van der Waals surface area contributed by atoms with E-state index in [9.17, 15) is 14.9 Å². The number of nitrogens with one attached hydrogen (secondary N) is 1. The van der Waals surface area contributed by atoms with Crippen LogP contribution in [0.15, 0.2) is 48.5 Å². The molecule has 0 saturated carbocycles. The fraction of sp³-hybridized carbons (Fsp3) is 0.250. The Labute approximate surface area is 147 Å². The number of carbonyl (C=O) groups excluding carboxylic acids is 1. The Balaban J connectivity index is 2.09. The summed E-state index contributed by atoms with van der Waals surface area (Å²) < 4.78 is 0. The van der Waals surface area contributed by atoms with Crippen LogP contribution in [0.2, 0.25) is 0 Å². The maximum absolute atomic E-state index is 12.2. The first-order valence-electron chi connectivity index (χ1n) is 8.21. The average molecular weight is 338 g/mol. The minimum Gasteiger partial charge on any atom is -0.346 e. The van der Waals surface area contributed by atoms with Crippen LogP contribution < -0.4 is 5.32 Å². The number of nitro groups is 1. The zero-order valence-electron chi connectivity index (χ0n) is 14.7. The molecule has 25 heavy (non-hydrogen) atoms. The first-order valence-corrected chi connectivity index (χ1v) is 8.21. The van der Waals surface area contributed by atoms with Crippen LogP contribution >= 0.6 is 0 Å². The first kappa shape index (κ1) is 18.4. The van der Waals surface area contributed by atoms with Crippen LogP contribution in [0, 0.1) is 24.0 Å². The quantitative estimate of drug-likeness (QED) is 0.479. The van der Waals surface area contributed by atoms with Crippen molar-refractivity contribution in [2.45, 2.75) is 33.2 Å². The summed E-state index contributed by atoms with van der Waals surface area (Å²) >= 11 is 0. The molecule has 0 radical (unpaired) electrons. The summed E-state index contributed by atoms with van der Waals surface area (Å²) in [6.07, 6.45) is 3.77. The van der Waals surface area contributed by atoms with Crippen LogP contribution in [-0.4, -0.2) is 10.8 Å². The molecule has 0 unspecified atom stereocenters. The van der Waals surface area contributed by atoms with Crippen LogP contribution in [0.1, 0.15) is 41.6 Å².